The van der Waals surface area contributed by atoms with Crippen molar-refractivity contribution in [2.75, 3.05) is 13.7 Å². The van der Waals surface area contributed by atoms with E-state index < -0.39 is 0 Å². The zero-order valence-corrected chi connectivity index (χ0v) is 11.6. The van der Waals surface area contributed by atoms with E-state index in [1.165, 1.54) is 11.1 Å². The van der Waals surface area contributed by atoms with Crippen molar-refractivity contribution >= 4 is 0 Å². The second kappa shape index (κ2) is 5.97. The van der Waals surface area contributed by atoms with Crippen molar-refractivity contribution in [1.82, 2.24) is 5.32 Å². The summed E-state index contributed by atoms with van der Waals surface area (Å²) in [5.41, 5.74) is 2.42. The third-order valence-electron chi connectivity index (χ3n) is 3.69. The van der Waals surface area contributed by atoms with Crippen LogP contribution < -0.4 is 14.8 Å². The summed E-state index contributed by atoms with van der Waals surface area (Å²) in [5, 5.41) is 3.61. The van der Waals surface area contributed by atoms with E-state index in [0.29, 0.717) is 6.04 Å². The van der Waals surface area contributed by atoms with Crippen LogP contribution in [-0.4, -0.2) is 13.7 Å². The smallest absolute Gasteiger partial charge is 0.124 e. The molecule has 1 heterocycles. The van der Waals surface area contributed by atoms with Crippen LogP contribution in [0.4, 0.5) is 0 Å². The predicted octanol–water partition coefficient (Wildman–Crippen LogP) is 3.31. The summed E-state index contributed by atoms with van der Waals surface area (Å²) in [6.07, 6.45) is 0.992. The van der Waals surface area contributed by atoms with E-state index >= 15 is 0 Å². The Kier molecular flexibility index (Phi) is 3.88. The zero-order valence-electron chi connectivity index (χ0n) is 11.6. The molecule has 0 fully saturated rings. The van der Waals surface area contributed by atoms with Crippen LogP contribution in [0.2, 0.25) is 0 Å². The van der Waals surface area contributed by atoms with E-state index in [1.54, 1.807) is 7.11 Å². The number of para-hydroxylation sites is 2. The molecular weight excluding hydrogens is 250 g/mol. The van der Waals surface area contributed by atoms with Crippen LogP contribution >= 0.6 is 0 Å². The predicted molar refractivity (Wildman–Crippen MR) is 79.1 cm³/mol. The highest BCUT2D eigenvalue weighted by atomic mass is 16.5. The standard InChI is InChI=1S/C17H19NO2/c1-19-16-8-4-2-6-13(16)12-18-15-10-11-20-17-9-5-3-7-14(15)17/h2-9,15,18H,10-12H2,1H3. The maximum atomic E-state index is 5.69. The van der Waals surface area contributed by atoms with E-state index in [0.717, 1.165) is 31.1 Å². The van der Waals surface area contributed by atoms with E-state index in [9.17, 15) is 0 Å². The van der Waals surface area contributed by atoms with Crippen LogP contribution in [0.25, 0.3) is 0 Å². The molecule has 0 radical (unpaired) electrons. The molecular formula is C17H19NO2. The molecule has 3 nitrogen and oxygen atoms in total. The summed E-state index contributed by atoms with van der Waals surface area (Å²) in [6.45, 7) is 1.56. The second-order valence-corrected chi connectivity index (χ2v) is 4.92. The van der Waals surface area contributed by atoms with Crippen molar-refractivity contribution in [2.45, 2.75) is 19.0 Å². The van der Waals surface area contributed by atoms with Gasteiger partial charge in [0.05, 0.1) is 13.7 Å². The van der Waals surface area contributed by atoms with Gasteiger partial charge < -0.3 is 14.8 Å². The summed E-state index contributed by atoms with van der Waals surface area (Å²) in [4.78, 5) is 0. The Hall–Kier alpha value is -2.00. The molecule has 20 heavy (non-hydrogen) atoms. The number of fused-ring (bicyclic) bond motifs is 1. The van der Waals surface area contributed by atoms with Gasteiger partial charge in [-0.25, -0.2) is 0 Å². The second-order valence-electron chi connectivity index (χ2n) is 4.92. The van der Waals surface area contributed by atoms with Crippen molar-refractivity contribution in [3.05, 3.63) is 59.7 Å². The Balaban J connectivity index is 1.73. The van der Waals surface area contributed by atoms with E-state index in [1.807, 2.05) is 30.3 Å². The summed E-state index contributed by atoms with van der Waals surface area (Å²) in [5.74, 6) is 1.93. The van der Waals surface area contributed by atoms with Crippen LogP contribution in [0, 0.1) is 0 Å². The lowest BCUT2D eigenvalue weighted by Crippen LogP contribution is -2.26. The fraction of sp³-hybridized carbons (Fsp3) is 0.294. The van der Waals surface area contributed by atoms with E-state index in [-0.39, 0.29) is 0 Å². The largest absolute Gasteiger partial charge is 0.496 e. The SMILES string of the molecule is COc1ccccc1CNC1CCOc2ccccc21. The fourth-order valence-electron chi connectivity index (χ4n) is 2.64. The molecule has 2 aromatic carbocycles. The van der Waals surface area contributed by atoms with Crippen molar-refractivity contribution < 1.29 is 9.47 Å². The van der Waals surface area contributed by atoms with Gasteiger partial charge in [0.25, 0.3) is 0 Å². The van der Waals surface area contributed by atoms with Gasteiger partial charge in [0.15, 0.2) is 0 Å². The molecule has 0 saturated heterocycles. The first-order chi connectivity index (χ1) is 9.88. The molecule has 1 unspecified atom stereocenters. The Morgan fingerprint density at radius 1 is 1.15 bits per heavy atom. The number of benzene rings is 2. The van der Waals surface area contributed by atoms with Gasteiger partial charge >= 0.3 is 0 Å². The molecule has 0 spiro atoms. The highest BCUT2D eigenvalue weighted by Gasteiger charge is 2.20. The first kappa shape index (κ1) is 13.0. The van der Waals surface area contributed by atoms with Crippen LogP contribution in [-0.2, 0) is 6.54 Å². The van der Waals surface area contributed by atoms with Gasteiger partial charge in [0.1, 0.15) is 11.5 Å². The van der Waals surface area contributed by atoms with Crippen LogP contribution in [0.1, 0.15) is 23.6 Å². The molecule has 0 aromatic heterocycles. The summed E-state index contributed by atoms with van der Waals surface area (Å²) >= 11 is 0. The molecule has 0 amide bonds. The van der Waals surface area contributed by atoms with Gasteiger partial charge in [-0.2, -0.15) is 0 Å². The number of hydrogen-bond donors (Lipinski definition) is 1. The van der Waals surface area contributed by atoms with Crippen molar-refractivity contribution in [2.24, 2.45) is 0 Å². The van der Waals surface area contributed by atoms with Gasteiger partial charge in [-0.3, -0.25) is 0 Å². The zero-order chi connectivity index (χ0) is 13.8. The van der Waals surface area contributed by atoms with Gasteiger partial charge in [0.2, 0.25) is 0 Å². The first-order valence-corrected chi connectivity index (χ1v) is 6.95. The maximum Gasteiger partial charge on any atom is 0.124 e. The average Bonchev–Trinajstić information content (AvgIpc) is 2.53. The molecule has 0 aliphatic carbocycles. The van der Waals surface area contributed by atoms with E-state index in [2.05, 4.69) is 23.5 Å². The van der Waals surface area contributed by atoms with Gasteiger partial charge in [-0.05, 0) is 12.1 Å². The third kappa shape index (κ3) is 2.63. The Morgan fingerprint density at radius 3 is 2.85 bits per heavy atom. The number of methoxy groups -OCH3 is 1. The molecule has 2 aromatic rings. The van der Waals surface area contributed by atoms with Crippen LogP contribution in [0.15, 0.2) is 48.5 Å². The number of ether oxygens (including phenoxy) is 2. The minimum absolute atomic E-state index is 0.338. The fourth-order valence-corrected chi connectivity index (χ4v) is 2.64. The minimum Gasteiger partial charge on any atom is -0.496 e. The first-order valence-electron chi connectivity index (χ1n) is 6.95. The monoisotopic (exact) mass is 269 g/mol. The lowest BCUT2D eigenvalue weighted by atomic mass is 10.0. The topological polar surface area (TPSA) is 30.5 Å². The molecule has 104 valence electrons. The molecule has 1 aliphatic rings. The number of nitrogens with one attached hydrogen (secondary N) is 1. The van der Waals surface area contributed by atoms with Gasteiger partial charge in [-0.15, -0.1) is 0 Å². The number of hydrogen-bond acceptors (Lipinski definition) is 3. The van der Waals surface area contributed by atoms with E-state index in [4.69, 9.17) is 9.47 Å². The molecule has 0 saturated carbocycles. The Morgan fingerprint density at radius 2 is 1.95 bits per heavy atom. The maximum absolute atomic E-state index is 5.69. The normalized spacial score (nSPS) is 17.1. The lowest BCUT2D eigenvalue weighted by Gasteiger charge is -2.27. The van der Waals surface area contributed by atoms with Gasteiger partial charge in [-0.1, -0.05) is 36.4 Å². The summed E-state index contributed by atoms with van der Waals surface area (Å²) in [7, 11) is 1.71. The molecule has 3 rings (SSSR count). The molecule has 1 aliphatic heterocycles. The lowest BCUT2D eigenvalue weighted by molar-refractivity contribution is 0.252. The van der Waals surface area contributed by atoms with Crippen LogP contribution in [0.5, 0.6) is 11.5 Å². The molecule has 1 atom stereocenters. The van der Waals surface area contributed by atoms with Crippen molar-refractivity contribution in [3.8, 4) is 11.5 Å². The highest BCUT2D eigenvalue weighted by Crippen LogP contribution is 2.32. The summed E-state index contributed by atoms with van der Waals surface area (Å²) in [6, 6.07) is 16.7. The average molecular weight is 269 g/mol. The van der Waals surface area contributed by atoms with Crippen molar-refractivity contribution in [1.29, 1.82) is 0 Å². The number of rotatable bonds is 4. The minimum atomic E-state index is 0.338. The van der Waals surface area contributed by atoms with Gasteiger partial charge in [0, 0.05) is 30.1 Å². The molecule has 0 bridgehead atoms. The van der Waals surface area contributed by atoms with Crippen LogP contribution in [0.3, 0.4) is 0 Å². The molecule has 1 N–H and O–H groups in total. The Labute approximate surface area is 119 Å². The van der Waals surface area contributed by atoms with Crippen molar-refractivity contribution in [3.63, 3.8) is 0 Å². The highest BCUT2D eigenvalue weighted by molar-refractivity contribution is 5.38. The summed E-state index contributed by atoms with van der Waals surface area (Å²) < 4.78 is 11.1. The Bertz CT molecular complexity index is 583. The third-order valence-corrected chi connectivity index (χ3v) is 3.69. The molecule has 3 heteroatoms. The quantitative estimate of drug-likeness (QED) is 0.923.